The van der Waals surface area contributed by atoms with Gasteiger partial charge < -0.3 is 10.2 Å². The molecule has 2 heterocycles. The van der Waals surface area contributed by atoms with Crippen LogP contribution < -0.4 is 5.32 Å². The predicted octanol–water partition coefficient (Wildman–Crippen LogP) is 3.63. The molecule has 0 unspecified atom stereocenters. The minimum Gasteiger partial charge on any atom is -0.355 e. The number of nitrogens with zero attached hydrogens (tertiary/aromatic N) is 3. The van der Waals surface area contributed by atoms with Crippen LogP contribution in [0.4, 0.5) is 0 Å². The van der Waals surface area contributed by atoms with Gasteiger partial charge in [0.05, 0.1) is 0 Å². The lowest BCUT2D eigenvalue weighted by Crippen LogP contribution is -2.49. The number of piperazine rings is 1. The summed E-state index contributed by atoms with van der Waals surface area (Å²) in [5.74, 6) is 0.191. The number of likely N-dealkylation sites (tertiary alicyclic amines) is 1. The van der Waals surface area contributed by atoms with E-state index < -0.39 is 0 Å². The standard InChI is InChI=1S/C30H36N4O2/c35-29(31-15-18-32-19-21-33(22-20-32)23-24-7-2-1-3-8-24)26-13-16-34(17-14-26)30(36)28-12-6-10-25-9-4-5-11-27(25)28/h1-12,26H,13-23H2,(H,31,35). The highest BCUT2D eigenvalue weighted by Crippen LogP contribution is 2.23. The topological polar surface area (TPSA) is 55.9 Å². The van der Waals surface area contributed by atoms with Gasteiger partial charge >= 0.3 is 0 Å². The van der Waals surface area contributed by atoms with Crippen LogP contribution in [0.2, 0.25) is 0 Å². The molecule has 3 aromatic carbocycles. The Kier molecular flexibility index (Phi) is 7.94. The van der Waals surface area contributed by atoms with E-state index in [2.05, 4.69) is 45.4 Å². The average molecular weight is 485 g/mol. The maximum Gasteiger partial charge on any atom is 0.254 e. The van der Waals surface area contributed by atoms with Crippen molar-refractivity contribution in [3.8, 4) is 0 Å². The molecule has 36 heavy (non-hydrogen) atoms. The highest BCUT2D eigenvalue weighted by Gasteiger charge is 2.28. The lowest BCUT2D eigenvalue weighted by molar-refractivity contribution is -0.126. The van der Waals surface area contributed by atoms with Gasteiger partial charge in [-0.1, -0.05) is 66.7 Å². The van der Waals surface area contributed by atoms with E-state index >= 15 is 0 Å². The summed E-state index contributed by atoms with van der Waals surface area (Å²) in [5, 5.41) is 5.22. The van der Waals surface area contributed by atoms with Gasteiger partial charge in [-0.05, 0) is 35.2 Å². The van der Waals surface area contributed by atoms with Crippen LogP contribution in [-0.4, -0.2) is 78.9 Å². The third-order valence-electron chi connectivity index (χ3n) is 7.61. The SMILES string of the molecule is O=C(NCCN1CCN(Cc2ccccc2)CC1)C1CCN(C(=O)c2cccc3ccccc23)CC1. The first-order valence-corrected chi connectivity index (χ1v) is 13.2. The van der Waals surface area contributed by atoms with Crippen molar-refractivity contribution in [2.24, 2.45) is 5.92 Å². The highest BCUT2D eigenvalue weighted by molar-refractivity contribution is 6.07. The number of carbonyl (C=O) groups is 2. The van der Waals surface area contributed by atoms with Crippen LogP contribution in [0.3, 0.4) is 0 Å². The molecule has 2 amide bonds. The molecule has 0 aromatic heterocycles. The van der Waals surface area contributed by atoms with Crippen molar-refractivity contribution in [2.75, 3.05) is 52.4 Å². The summed E-state index contributed by atoms with van der Waals surface area (Å²) in [5.41, 5.74) is 2.11. The van der Waals surface area contributed by atoms with Crippen LogP contribution in [0, 0.1) is 5.92 Å². The Hall–Kier alpha value is -3.22. The Bertz CT molecular complexity index is 1160. The fourth-order valence-electron chi connectivity index (χ4n) is 5.42. The number of carbonyl (C=O) groups excluding carboxylic acids is 2. The Morgan fingerprint density at radius 3 is 2.19 bits per heavy atom. The minimum atomic E-state index is -0.00992. The molecule has 3 aromatic rings. The van der Waals surface area contributed by atoms with Gasteiger partial charge in [0.25, 0.3) is 5.91 Å². The van der Waals surface area contributed by atoms with Crippen LogP contribution in [-0.2, 0) is 11.3 Å². The van der Waals surface area contributed by atoms with Crippen molar-refractivity contribution < 1.29 is 9.59 Å². The lowest BCUT2D eigenvalue weighted by atomic mass is 9.95. The first-order chi connectivity index (χ1) is 17.7. The molecule has 2 aliphatic rings. The second kappa shape index (κ2) is 11.7. The monoisotopic (exact) mass is 484 g/mol. The molecule has 1 N–H and O–H groups in total. The third-order valence-corrected chi connectivity index (χ3v) is 7.61. The molecule has 0 bridgehead atoms. The van der Waals surface area contributed by atoms with Crippen molar-refractivity contribution in [1.82, 2.24) is 20.0 Å². The number of amides is 2. The average Bonchev–Trinajstić information content (AvgIpc) is 2.94. The number of piperidine rings is 1. The van der Waals surface area contributed by atoms with Gasteiger partial charge in [0, 0.05) is 70.4 Å². The minimum absolute atomic E-state index is 0.00992. The van der Waals surface area contributed by atoms with Crippen molar-refractivity contribution in [2.45, 2.75) is 19.4 Å². The number of fused-ring (bicyclic) bond motifs is 1. The molecular formula is C30H36N4O2. The quantitative estimate of drug-likeness (QED) is 0.557. The van der Waals surface area contributed by atoms with Gasteiger partial charge in [-0.25, -0.2) is 0 Å². The van der Waals surface area contributed by atoms with Crippen molar-refractivity contribution in [1.29, 1.82) is 0 Å². The van der Waals surface area contributed by atoms with Gasteiger partial charge in [0.2, 0.25) is 5.91 Å². The summed E-state index contributed by atoms with van der Waals surface area (Å²) < 4.78 is 0. The van der Waals surface area contributed by atoms with Crippen LogP contribution in [0.15, 0.2) is 72.8 Å². The number of hydrogen-bond acceptors (Lipinski definition) is 4. The van der Waals surface area contributed by atoms with E-state index in [9.17, 15) is 9.59 Å². The van der Waals surface area contributed by atoms with Crippen LogP contribution in [0.25, 0.3) is 10.8 Å². The van der Waals surface area contributed by atoms with Crippen LogP contribution in [0.5, 0.6) is 0 Å². The number of hydrogen-bond donors (Lipinski definition) is 1. The smallest absolute Gasteiger partial charge is 0.254 e. The van der Waals surface area contributed by atoms with E-state index in [1.165, 1.54) is 5.56 Å². The van der Waals surface area contributed by atoms with Gasteiger partial charge in [0.15, 0.2) is 0 Å². The Labute approximate surface area is 213 Å². The third kappa shape index (κ3) is 5.94. The number of rotatable bonds is 7. The number of nitrogens with one attached hydrogen (secondary N) is 1. The van der Waals surface area contributed by atoms with Crippen molar-refractivity contribution in [3.63, 3.8) is 0 Å². The molecule has 0 atom stereocenters. The van der Waals surface area contributed by atoms with E-state index in [4.69, 9.17) is 0 Å². The first-order valence-electron chi connectivity index (χ1n) is 13.2. The second-order valence-corrected chi connectivity index (χ2v) is 9.99. The summed E-state index contributed by atoms with van der Waals surface area (Å²) in [6, 6.07) is 24.5. The highest BCUT2D eigenvalue weighted by atomic mass is 16.2. The molecule has 188 valence electrons. The summed E-state index contributed by atoms with van der Waals surface area (Å²) in [6.45, 7) is 8.04. The molecule has 6 nitrogen and oxygen atoms in total. The fraction of sp³-hybridized carbons (Fsp3) is 0.400. The lowest BCUT2D eigenvalue weighted by Gasteiger charge is -2.35. The molecule has 5 rings (SSSR count). The zero-order chi connectivity index (χ0) is 24.7. The summed E-state index contributed by atoms with van der Waals surface area (Å²) in [4.78, 5) is 32.8. The van der Waals surface area contributed by atoms with E-state index in [1.807, 2.05) is 47.4 Å². The van der Waals surface area contributed by atoms with Gasteiger partial charge in [0.1, 0.15) is 0 Å². The Balaban J connectivity index is 1.02. The molecule has 0 saturated carbocycles. The van der Waals surface area contributed by atoms with Crippen molar-refractivity contribution >= 4 is 22.6 Å². The predicted molar refractivity (Wildman–Crippen MR) is 144 cm³/mol. The van der Waals surface area contributed by atoms with Gasteiger partial charge in [-0.2, -0.15) is 0 Å². The fourth-order valence-corrected chi connectivity index (χ4v) is 5.42. The second-order valence-electron chi connectivity index (χ2n) is 9.99. The Morgan fingerprint density at radius 1 is 0.750 bits per heavy atom. The zero-order valence-corrected chi connectivity index (χ0v) is 20.9. The number of benzene rings is 3. The van der Waals surface area contributed by atoms with Gasteiger partial charge in [-0.15, -0.1) is 0 Å². The maximum atomic E-state index is 13.2. The molecule has 2 fully saturated rings. The normalized spacial score (nSPS) is 17.8. The molecule has 6 heteroatoms. The van der Waals surface area contributed by atoms with E-state index in [-0.39, 0.29) is 17.7 Å². The molecule has 2 saturated heterocycles. The van der Waals surface area contributed by atoms with Crippen molar-refractivity contribution in [3.05, 3.63) is 83.9 Å². The molecule has 0 spiro atoms. The summed E-state index contributed by atoms with van der Waals surface area (Å²) in [6.07, 6.45) is 1.45. The maximum absolute atomic E-state index is 13.2. The summed E-state index contributed by atoms with van der Waals surface area (Å²) in [7, 11) is 0. The van der Waals surface area contributed by atoms with Gasteiger partial charge in [-0.3, -0.25) is 19.4 Å². The van der Waals surface area contributed by atoms with E-state index in [1.54, 1.807) is 0 Å². The molecular weight excluding hydrogens is 448 g/mol. The van der Waals surface area contributed by atoms with E-state index in [0.29, 0.717) is 19.6 Å². The first kappa shape index (κ1) is 24.5. The molecule has 0 radical (unpaired) electrons. The zero-order valence-electron chi connectivity index (χ0n) is 20.9. The van der Waals surface area contributed by atoms with Crippen LogP contribution in [0.1, 0.15) is 28.8 Å². The van der Waals surface area contributed by atoms with Crippen LogP contribution >= 0.6 is 0 Å². The Morgan fingerprint density at radius 2 is 1.42 bits per heavy atom. The summed E-state index contributed by atoms with van der Waals surface area (Å²) >= 11 is 0. The van der Waals surface area contributed by atoms with E-state index in [0.717, 1.165) is 68.4 Å². The molecule has 0 aliphatic carbocycles. The molecule has 2 aliphatic heterocycles. The largest absolute Gasteiger partial charge is 0.355 e.